The number of hydrogen-bond acceptors (Lipinski definition) is 3. The van der Waals surface area contributed by atoms with E-state index in [9.17, 15) is 9.18 Å². The molecule has 0 saturated carbocycles. The molecule has 124 valence electrons. The van der Waals surface area contributed by atoms with E-state index in [4.69, 9.17) is 9.84 Å². The molecule has 1 unspecified atom stereocenters. The number of aliphatic hydroxyl groups is 1. The number of carbonyl (C=O) groups is 1. The maximum Gasteiger partial charge on any atom is 0.315 e. The van der Waals surface area contributed by atoms with Gasteiger partial charge in [0, 0.05) is 18.7 Å². The van der Waals surface area contributed by atoms with Crippen LogP contribution in [0, 0.1) is 5.82 Å². The van der Waals surface area contributed by atoms with Gasteiger partial charge in [-0.15, -0.1) is 0 Å². The van der Waals surface area contributed by atoms with Crippen LogP contribution in [0.15, 0.2) is 18.2 Å². The van der Waals surface area contributed by atoms with Gasteiger partial charge < -0.3 is 20.5 Å². The summed E-state index contributed by atoms with van der Waals surface area (Å²) in [7, 11) is 0. The number of carbonyl (C=O) groups excluding carboxylic acids is 1. The number of amides is 2. The molecule has 0 fully saturated rings. The van der Waals surface area contributed by atoms with Crippen molar-refractivity contribution in [3.8, 4) is 5.75 Å². The topological polar surface area (TPSA) is 70.6 Å². The van der Waals surface area contributed by atoms with Crippen LogP contribution >= 0.6 is 0 Å². The Labute approximate surface area is 130 Å². The van der Waals surface area contributed by atoms with Crippen LogP contribution in [0.3, 0.4) is 0 Å². The largest absolute Gasteiger partial charge is 0.491 e. The third kappa shape index (κ3) is 5.52. The van der Waals surface area contributed by atoms with E-state index in [-0.39, 0.29) is 24.9 Å². The van der Waals surface area contributed by atoms with Gasteiger partial charge >= 0.3 is 6.03 Å². The fourth-order valence-corrected chi connectivity index (χ4v) is 2.00. The Morgan fingerprint density at radius 1 is 1.41 bits per heavy atom. The van der Waals surface area contributed by atoms with Crippen LogP contribution in [-0.4, -0.2) is 29.9 Å². The smallest absolute Gasteiger partial charge is 0.315 e. The number of hydrogen-bond donors (Lipinski definition) is 3. The molecule has 2 amide bonds. The van der Waals surface area contributed by atoms with Gasteiger partial charge in [-0.3, -0.25) is 0 Å². The first-order valence-corrected chi connectivity index (χ1v) is 7.52. The van der Waals surface area contributed by atoms with E-state index in [1.165, 1.54) is 6.07 Å². The lowest BCUT2D eigenvalue weighted by Crippen LogP contribution is -2.50. The lowest BCUT2D eigenvalue weighted by molar-refractivity contribution is 0.200. The monoisotopic (exact) mass is 312 g/mol. The summed E-state index contributed by atoms with van der Waals surface area (Å²) in [6.45, 7) is 6.23. The van der Waals surface area contributed by atoms with Crippen LogP contribution in [0.2, 0.25) is 0 Å². The maximum absolute atomic E-state index is 13.7. The Balaban J connectivity index is 2.55. The zero-order chi connectivity index (χ0) is 16.6. The Kier molecular flexibility index (Phi) is 7.11. The van der Waals surface area contributed by atoms with E-state index in [1.807, 2.05) is 13.8 Å². The van der Waals surface area contributed by atoms with Gasteiger partial charge in [0.2, 0.25) is 0 Å². The minimum atomic E-state index is -0.455. The molecule has 0 bridgehead atoms. The van der Waals surface area contributed by atoms with Gasteiger partial charge in [0.1, 0.15) is 0 Å². The van der Waals surface area contributed by atoms with E-state index in [2.05, 4.69) is 10.6 Å². The molecule has 0 spiro atoms. The zero-order valence-corrected chi connectivity index (χ0v) is 13.4. The molecule has 0 aliphatic heterocycles. The Bertz CT molecular complexity index is 496. The normalized spacial score (nSPS) is 13.3. The number of aliphatic hydroxyl groups excluding tert-OH is 1. The molecule has 1 aromatic rings. The second-order valence-electron chi connectivity index (χ2n) is 5.39. The summed E-state index contributed by atoms with van der Waals surface area (Å²) in [6.07, 6.45) is 1.19. The van der Waals surface area contributed by atoms with Crippen molar-refractivity contribution >= 4 is 6.03 Å². The summed E-state index contributed by atoms with van der Waals surface area (Å²) in [6, 6.07) is 4.27. The average molecular weight is 312 g/mol. The van der Waals surface area contributed by atoms with E-state index >= 15 is 0 Å². The number of urea groups is 1. The van der Waals surface area contributed by atoms with Crippen molar-refractivity contribution in [1.82, 2.24) is 10.6 Å². The highest BCUT2D eigenvalue weighted by Crippen LogP contribution is 2.18. The summed E-state index contributed by atoms with van der Waals surface area (Å²) < 4.78 is 18.8. The van der Waals surface area contributed by atoms with Gasteiger partial charge in [-0.2, -0.15) is 0 Å². The van der Waals surface area contributed by atoms with E-state index in [1.54, 1.807) is 19.1 Å². The molecular weight excluding hydrogens is 287 g/mol. The van der Waals surface area contributed by atoms with Crippen LogP contribution in [0.25, 0.3) is 0 Å². The quantitative estimate of drug-likeness (QED) is 0.691. The van der Waals surface area contributed by atoms with Gasteiger partial charge in [-0.25, -0.2) is 9.18 Å². The second kappa shape index (κ2) is 8.58. The van der Waals surface area contributed by atoms with Crippen LogP contribution < -0.4 is 15.4 Å². The highest BCUT2D eigenvalue weighted by Gasteiger charge is 2.23. The van der Waals surface area contributed by atoms with Crippen molar-refractivity contribution in [2.24, 2.45) is 0 Å². The van der Waals surface area contributed by atoms with Gasteiger partial charge in [0.25, 0.3) is 0 Å². The number of benzene rings is 1. The summed E-state index contributed by atoms with van der Waals surface area (Å²) >= 11 is 0. The molecule has 1 rings (SSSR count). The third-order valence-electron chi connectivity index (χ3n) is 3.61. The van der Waals surface area contributed by atoms with Crippen LogP contribution in [0.1, 0.15) is 39.2 Å². The summed E-state index contributed by atoms with van der Waals surface area (Å²) in [5.74, 6) is -0.238. The molecule has 0 aliphatic rings. The lowest BCUT2D eigenvalue weighted by atomic mass is 9.95. The van der Waals surface area contributed by atoms with E-state index in [0.717, 1.165) is 0 Å². The highest BCUT2D eigenvalue weighted by atomic mass is 19.1. The fraction of sp³-hybridized carbons (Fsp3) is 0.562. The number of halogens is 1. The van der Waals surface area contributed by atoms with Crippen molar-refractivity contribution in [2.75, 3.05) is 13.2 Å². The van der Waals surface area contributed by atoms with Crippen molar-refractivity contribution in [1.29, 1.82) is 0 Å². The molecule has 0 aromatic heterocycles. The van der Waals surface area contributed by atoms with Gasteiger partial charge in [-0.1, -0.05) is 13.0 Å². The molecule has 0 aliphatic carbocycles. The van der Waals surface area contributed by atoms with Crippen molar-refractivity contribution in [3.63, 3.8) is 0 Å². The summed E-state index contributed by atoms with van der Waals surface area (Å²) in [4.78, 5) is 11.9. The van der Waals surface area contributed by atoms with E-state index < -0.39 is 11.4 Å². The molecule has 22 heavy (non-hydrogen) atoms. The third-order valence-corrected chi connectivity index (χ3v) is 3.61. The van der Waals surface area contributed by atoms with Crippen LogP contribution in [-0.2, 0) is 6.54 Å². The van der Waals surface area contributed by atoms with Crippen molar-refractivity contribution in [3.05, 3.63) is 29.6 Å². The molecular formula is C16H25FN2O3. The van der Waals surface area contributed by atoms with Crippen molar-refractivity contribution < 1.29 is 19.0 Å². The van der Waals surface area contributed by atoms with E-state index in [0.29, 0.717) is 25.0 Å². The van der Waals surface area contributed by atoms with Crippen LogP contribution in [0.5, 0.6) is 5.75 Å². The summed E-state index contributed by atoms with van der Waals surface area (Å²) in [5, 5.41) is 14.5. The molecule has 5 nitrogen and oxygen atoms in total. The van der Waals surface area contributed by atoms with Gasteiger partial charge in [0.05, 0.1) is 6.61 Å². The zero-order valence-electron chi connectivity index (χ0n) is 13.4. The minimum absolute atomic E-state index is 0.00865. The molecule has 1 aromatic carbocycles. The average Bonchev–Trinajstić information content (AvgIpc) is 2.48. The molecule has 0 saturated heterocycles. The van der Waals surface area contributed by atoms with Crippen molar-refractivity contribution in [2.45, 2.75) is 45.7 Å². The highest BCUT2D eigenvalue weighted by molar-refractivity contribution is 5.74. The first-order chi connectivity index (χ1) is 10.4. The molecule has 6 heteroatoms. The lowest BCUT2D eigenvalue weighted by Gasteiger charge is -2.29. The van der Waals surface area contributed by atoms with Gasteiger partial charge in [0.15, 0.2) is 11.6 Å². The summed E-state index contributed by atoms with van der Waals surface area (Å²) in [5.41, 5.74) is 0.194. The minimum Gasteiger partial charge on any atom is -0.491 e. The fourth-order valence-electron chi connectivity index (χ4n) is 2.00. The first-order valence-electron chi connectivity index (χ1n) is 7.52. The first kappa shape index (κ1) is 18.2. The Hall–Kier alpha value is -1.82. The number of ether oxygens (including phenoxy) is 1. The Morgan fingerprint density at radius 2 is 2.14 bits per heavy atom. The molecule has 0 heterocycles. The number of nitrogens with one attached hydrogen (secondary N) is 2. The molecule has 0 radical (unpaired) electrons. The predicted octanol–water partition coefficient (Wildman–Crippen LogP) is 2.57. The molecule has 1 atom stereocenters. The van der Waals surface area contributed by atoms with Crippen LogP contribution in [0.4, 0.5) is 9.18 Å². The predicted molar refractivity (Wildman–Crippen MR) is 83.3 cm³/mol. The molecule has 3 N–H and O–H groups in total. The maximum atomic E-state index is 13.7. The van der Waals surface area contributed by atoms with Gasteiger partial charge in [-0.05, 0) is 44.4 Å². The standard InChI is InChI=1S/C16H25FN2O3/c1-4-16(3,8-9-20)19-15(21)18-11-12-6-7-14(22-5-2)13(17)10-12/h6-7,10,20H,4-5,8-9,11H2,1-3H3,(H2,18,19,21). The SMILES string of the molecule is CCOc1ccc(CNC(=O)NC(C)(CC)CCO)cc1F. The Morgan fingerprint density at radius 3 is 2.68 bits per heavy atom. The number of rotatable bonds is 8. The second-order valence-corrected chi connectivity index (χ2v) is 5.39.